The Labute approximate surface area is 141 Å². The first-order valence-corrected chi connectivity index (χ1v) is 7.85. The number of nitrogens with one attached hydrogen (secondary N) is 2. The van der Waals surface area contributed by atoms with Crippen LogP contribution in [0.4, 0.5) is 5.69 Å². The number of hydrogen-bond acceptors (Lipinski definition) is 4. The van der Waals surface area contributed by atoms with E-state index >= 15 is 0 Å². The van der Waals surface area contributed by atoms with Crippen LogP contribution in [0.25, 0.3) is 0 Å². The van der Waals surface area contributed by atoms with Crippen molar-refractivity contribution in [2.24, 2.45) is 7.05 Å². The third-order valence-electron chi connectivity index (χ3n) is 3.83. The highest BCUT2D eigenvalue weighted by molar-refractivity contribution is 5.98. The van der Waals surface area contributed by atoms with Crippen LogP contribution in [0, 0.1) is 20.8 Å². The minimum atomic E-state index is -0.375. The Morgan fingerprint density at radius 1 is 1.21 bits per heavy atom. The minimum Gasteiger partial charge on any atom is -0.342 e. The number of aromatic nitrogens is 4. The van der Waals surface area contributed by atoms with E-state index in [1.807, 2.05) is 39.3 Å². The molecule has 2 heterocycles. The molecule has 0 saturated heterocycles. The Kier molecular flexibility index (Phi) is 5.06. The van der Waals surface area contributed by atoms with E-state index in [4.69, 9.17) is 0 Å². The fourth-order valence-corrected chi connectivity index (χ4v) is 2.45. The Bertz CT molecular complexity index is 752. The van der Waals surface area contributed by atoms with Gasteiger partial charge >= 0.3 is 0 Å². The van der Waals surface area contributed by atoms with Crippen LogP contribution in [0.3, 0.4) is 0 Å². The third kappa shape index (κ3) is 3.64. The zero-order chi connectivity index (χ0) is 18.0. The quantitative estimate of drug-likeness (QED) is 0.867. The van der Waals surface area contributed by atoms with Gasteiger partial charge in [0.15, 0.2) is 0 Å². The topological polar surface area (TPSA) is 93.8 Å². The molecule has 0 aliphatic rings. The van der Waals surface area contributed by atoms with Crippen LogP contribution in [0.15, 0.2) is 6.07 Å². The van der Waals surface area contributed by atoms with Gasteiger partial charge in [-0.1, -0.05) is 0 Å². The van der Waals surface area contributed by atoms with Crippen molar-refractivity contribution in [3.05, 3.63) is 28.8 Å². The molecule has 0 unspecified atom stereocenters. The summed E-state index contributed by atoms with van der Waals surface area (Å²) in [5, 5.41) is 13.9. The lowest BCUT2D eigenvalue weighted by atomic mass is 10.3. The molecule has 0 saturated carbocycles. The first-order chi connectivity index (χ1) is 11.2. The van der Waals surface area contributed by atoms with Crippen LogP contribution in [0.1, 0.15) is 47.5 Å². The van der Waals surface area contributed by atoms with Gasteiger partial charge in [0.2, 0.25) is 5.91 Å². The first kappa shape index (κ1) is 17.7. The molecule has 2 N–H and O–H groups in total. The van der Waals surface area contributed by atoms with Gasteiger partial charge < -0.3 is 10.6 Å². The fourth-order valence-electron chi connectivity index (χ4n) is 2.45. The van der Waals surface area contributed by atoms with Crippen molar-refractivity contribution in [3.63, 3.8) is 0 Å². The summed E-state index contributed by atoms with van der Waals surface area (Å²) in [4.78, 5) is 24.1. The summed E-state index contributed by atoms with van der Waals surface area (Å²) in [6.07, 6.45) is 0. The number of anilines is 1. The summed E-state index contributed by atoms with van der Waals surface area (Å²) in [6.45, 7) is 9.54. The summed E-state index contributed by atoms with van der Waals surface area (Å²) in [5.41, 5.74) is 3.50. The van der Waals surface area contributed by atoms with Gasteiger partial charge in [-0.3, -0.25) is 19.0 Å². The maximum atomic E-state index is 12.1. The number of carbonyl (C=O) groups is 2. The molecule has 0 fully saturated rings. The molecule has 0 radical (unpaired) electrons. The highest BCUT2D eigenvalue weighted by Gasteiger charge is 2.17. The molecule has 0 bridgehead atoms. The Hall–Kier alpha value is -2.64. The Balaban J connectivity index is 1.98. The van der Waals surface area contributed by atoms with E-state index in [0.717, 1.165) is 17.1 Å². The summed E-state index contributed by atoms with van der Waals surface area (Å²) in [5.74, 6) is -0.675. The van der Waals surface area contributed by atoms with E-state index in [-0.39, 0.29) is 24.4 Å². The number of carbonyl (C=O) groups excluding carboxylic acids is 2. The van der Waals surface area contributed by atoms with Crippen molar-refractivity contribution in [1.82, 2.24) is 24.9 Å². The lowest BCUT2D eigenvalue weighted by Crippen LogP contribution is -2.33. The van der Waals surface area contributed by atoms with E-state index < -0.39 is 0 Å². The van der Waals surface area contributed by atoms with E-state index in [1.54, 1.807) is 17.8 Å². The zero-order valence-corrected chi connectivity index (χ0v) is 15.0. The van der Waals surface area contributed by atoms with E-state index in [2.05, 4.69) is 20.8 Å². The predicted octanol–water partition coefficient (Wildman–Crippen LogP) is 1.49. The van der Waals surface area contributed by atoms with Gasteiger partial charge in [-0.25, -0.2) is 0 Å². The molecule has 2 rings (SSSR count). The molecule has 8 nitrogen and oxygen atoms in total. The van der Waals surface area contributed by atoms with Crippen molar-refractivity contribution >= 4 is 17.5 Å². The molecule has 2 aromatic heterocycles. The van der Waals surface area contributed by atoms with Crippen molar-refractivity contribution in [2.45, 2.75) is 40.7 Å². The van der Waals surface area contributed by atoms with Gasteiger partial charge in [0.1, 0.15) is 5.69 Å². The normalized spacial score (nSPS) is 11.0. The third-order valence-corrected chi connectivity index (χ3v) is 3.83. The second kappa shape index (κ2) is 6.86. The predicted molar refractivity (Wildman–Crippen MR) is 91.0 cm³/mol. The maximum absolute atomic E-state index is 12.1. The molecule has 130 valence electrons. The van der Waals surface area contributed by atoms with Crippen molar-refractivity contribution in [1.29, 1.82) is 0 Å². The van der Waals surface area contributed by atoms with E-state index in [1.165, 1.54) is 0 Å². The fraction of sp³-hybridized carbons (Fsp3) is 0.500. The van der Waals surface area contributed by atoms with Crippen LogP contribution in [0.2, 0.25) is 0 Å². The second-order valence-corrected chi connectivity index (χ2v) is 6.11. The van der Waals surface area contributed by atoms with Gasteiger partial charge in [0, 0.05) is 18.8 Å². The van der Waals surface area contributed by atoms with Crippen LogP contribution >= 0.6 is 0 Å². The highest BCUT2D eigenvalue weighted by atomic mass is 16.2. The minimum absolute atomic E-state index is 0.125. The average molecular weight is 332 g/mol. The highest BCUT2D eigenvalue weighted by Crippen LogP contribution is 2.22. The maximum Gasteiger partial charge on any atom is 0.272 e. The molecule has 8 heteroatoms. The summed E-state index contributed by atoms with van der Waals surface area (Å²) in [7, 11) is 1.76. The van der Waals surface area contributed by atoms with Crippen molar-refractivity contribution in [3.8, 4) is 0 Å². The molecular weight excluding hydrogens is 308 g/mol. The zero-order valence-electron chi connectivity index (χ0n) is 15.0. The number of nitrogens with zero attached hydrogens (tertiary/aromatic N) is 4. The van der Waals surface area contributed by atoms with Gasteiger partial charge in [0.05, 0.1) is 23.6 Å². The monoisotopic (exact) mass is 332 g/mol. The smallest absolute Gasteiger partial charge is 0.272 e. The average Bonchev–Trinajstić information content (AvgIpc) is 2.99. The molecule has 0 aliphatic heterocycles. The molecular formula is C16H24N6O2. The largest absolute Gasteiger partial charge is 0.342 e. The van der Waals surface area contributed by atoms with E-state index in [9.17, 15) is 9.59 Å². The lowest BCUT2D eigenvalue weighted by Gasteiger charge is -2.09. The van der Waals surface area contributed by atoms with E-state index in [0.29, 0.717) is 11.4 Å². The Morgan fingerprint density at radius 2 is 1.88 bits per heavy atom. The standard InChI is InChI=1S/C16H24N6O2/c1-9(2)22-12(5)15(11(4)19-22)18-14(23)8-17-16(24)13-7-10(3)21(6)20-13/h7,9H,8H2,1-6H3,(H,17,24)(H,18,23). The summed E-state index contributed by atoms with van der Waals surface area (Å²) >= 11 is 0. The lowest BCUT2D eigenvalue weighted by molar-refractivity contribution is -0.115. The van der Waals surface area contributed by atoms with Crippen LogP contribution < -0.4 is 10.6 Å². The van der Waals surface area contributed by atoms with Crippen LogP contribution in [-0.4, -0.2) is 37.9 Å². The van der Waals surface area contributed by atoms with Crippen LogP contribution in [0.5, 0.6) is 0 Å². The SMILES string of the molecule is Cc1nn(C(C)C)c(C)c1NC(=O)CNC(=O)c1cc(C)n(C)n1. The van der Waals surface area contributed by atoms with Gasteiger partial charge in [-0.05, 0) is 40.7 Å². The first-order valence-electron chi connectivity index (χ1n) is 7.85. The van der Waals surface area contributed by atoms with Crippen LogP contribution in [-0.2, 0) is 11.8 Å². The summed E-state index contributed by atoms with van der Waals surface area (Å²) < 4.78 is 3.47. The second-order valence-electron chi connectivity index (χ2n) is 6.11. The van der Waals surface area contributed by atoms with Crippen molar-refractivity contribution in [2.75, 3.05) is 11.9 Å². The molecule has 2 amide bonds. The van der Waals surface area contributed by atoms with Gasteiger partial charge in [0.25, 0.3) is 5.91 Å². The number of amides is 2. The molecule has 0 atom stereocenters. The molecule has 0 aromatic carbocycles. The molecule has 0 aliphatic carbocycles. The van der Waals surface area contributed by atoms with Gasteiger partial charge in [-0.2, -0.15) is 10.2 Å². The summed E-state index contributed by atoms with van der Waals surface area (Å²) in [6, 6.07) is 1.88. The molecule has 24 heavy (non-hydrogen) atoms. The number of aryl methyl sites for hydroxylation is 3. The molecule has 0 spiro atoms. The van der Waals surface area contributed by atoms with Gasteiger partial charge in [-0.15, -0.1) is 0 Å². The number of hydrogen-bond donors (Lipinski definition) is 2. The molecule has 2 aromatic rings. The Morgan fingerprint density at radius 3 is 2.38 bits per heavy atom. The number of rotatable bonds is 5. The van der Waals surface area contributed by atoms with Crippen molar-refractivity contribution < 1.29 is 9.59 Å².